The molecule has 0 spiro atoms. The minimum Gasteiger partial charge on any atom is -0.320 e. The second kappa shape index (κ2) is 9.10. The maximum absolute atomic E-state index is 13.3. The lowest BCUT2D eigenvalue weighted by atomic mass is 10.1. The number of pyridine rings is 2. The fourth-order valence-corrected chi connectivity index (χ4v) is 4.73. The summed E-state index contributed by atoms with van der Waals surface area (Å²) >= 11 is 18.8. The Hall–Kier alpha value is -3.39. The van der Waals surface area contributed by atoms with Crippen LogP contribution < -0.4 is 15.1 Å². The molecule has 10 heteroatoms. The molecular formula is C24H16Cl3N5O2. The summed E-state index contributed by atoms with van der Waals surface area (Å²) in [5.41, 5.74) is 2.29. The predicted octanol–water partition coefficient (Wildman–Crippen LogP) is 6.29. The number of fused-ring (bicyclic) bond motifs is 1. The Morgan fingerprint density at radius 2 is 1.65 bits per heavy atom. The zero-order valence-electron chi connectivity index (χ0n) is 17.5. The largest absolute Gasteiger partial charge is 0.329 e. The van der Waals surface area contributed by atoms with Gasteiger partial charge in [0.15, 0.2) is 0 Å². The van der Waals surface area contributed by atoms with Crippen molar-refractivity contribution in [3.05, 3.63) is 87.8 Å². The number of rotatable bonds is 4. The van der Waals surface area contributed by atoms with Crippen LogP contribution >= 0.6 is 34.8 Å². The summed E-state index contributed by atoms with van der Waals surface area (Å²) in [5, 5.41) is 3.92. The third-order valence-corrected chi connectivity index (χ3v) is 6.38. The molecule has 1 aliphatic heterocycles. The SMILES string of the molecule is O=C(Nc1cccc2c(N3CCN(c4ccccc4)C3=O)c(Cl)cnc12)c1c(Cl)ccnc1Cl. The lowest BCUT2D eigenvalue weighted by molar-refractivity contribution is 0.102. The average Bonchev–Trinajstić information content (AvgIpc) is 3.20. The van der Waals surface area contributed by atoms with Crippen LogP contribution in [0.1, 0.15) is 10.4 Å². The first-order chi connectivity index (χ1) is 16.5. The maximum atomic E-state index is 13.3. The van der Waals surface area contributed by atoms with E-state index in [9.17, 15) is 9.59 Å². The molecule has 0 aliphatic carbocycles. The lowest BCUT2D eigenvalue weighted by Crippen LogP contribution is -2.32. The number of nitrogens with zero attached hydrogens (tertiary/aromatic N) is 4. The predicted molar refractivity (Wildman–Crippen MR) is 135 cm³/mol. The Bertz CT molecular complexity index is 1410. The van der Waals surface area contributed by atoms with Gasteiger partial charge in [0, 0.05) is 36.6 Å². The number of amides is 3. The van der Waals surface area contributed by atoms with E-state index in [0.717, 1.165) is 5.69 Å². The van der Waals surface area contributed by atoms with E-state index in [0.29, 0.717) is 40.4 Å². The first-order valence-corrected chi connectivity index (χ1v) is 11.4. The second-order valence-electron chi connectivity index (χ2n) is 7.49. The number of para-hydroxylation sites is 2. The number of nitrogens with one attached hydrogen (secondary N) is 1. The molecular weight excluding hydrogens is 497 g/mol. The number of benzene rings is 2. The van der Waals surface area contributed by atoms with Gasteiger partial charge < -0.3 is 5.32 Å². The van der Waals surface area contributed by atoms with Gasteiger partial charge in [-0.1, -0.05) is 65.1 Å². The van der Waals surface area contributed by atoms with E-state index < -0.39 is 5.91 Å². The van der Waals surface area contributed by atoms with Gasteiger partial charge in [0.25, 0.3) is 5.91 Å². The van der Waals surface area contributed by atoms with E-state index in [2.05, 4.69) is 15.3 Å². The van der Waals surface area contributed by atoms with Crippen molar-refractivity contribution in [2.24, 2.45) is 0 Å². The highest BCUT2D eigenvalue weighted by Gasteiger charge is 2.33. The first kappa shape index (κ1) is 22.4. The third kappa shape index (κ3) is 3.92. The number of halogens is 3. The Morgan fingerprint density at radius 3 is 2.41 bits per heavy atom. The zero-order valence-corrected chi connectivity index (χ0v) is 19.8. The normalized spacial score (nSPS) is 13.6. The molecule has 4 aromatic rings. The minimum atomic E-state index is -0.526. The lowest BCUT2D eigenvalue weighted by Gasteiger charge is -2.21. The van der Waals surface area contributed by atoms with Gasteiger partial charge in [-0.3, -0.25) is 19.6 Å². The summed E-state index contributed by atoms with van der Waals surface area (Å²) in [6, 6.07) is 16.0. The van der Waals surface area contributed by atoms with Crippen molar-refractivity contribution in [2.75, 3.05) is 28.2 Å². The van der Waals surface area contributed by atoms with Crippen LogP contribution in [-0.2, 0) is 0 Å². The van der Waals surface area contributed by atoms with Gasteiger partial charge in [-0.25, -0.2) is 9.78 Å². The number of carbonyl (C=O) groups excluding carboxylic acids is 2. The van der Waals surface area contributed by atoms with Crippen molar-refractivity contribution in [2.45, 2.75) is 0 Å². The van der Waals surface area contributed by atoms with Gasteiger partial charge in [-0.15, -0.1) is 0 Å². The number of aromatic nitrogens is 2. The van der Waals surface area contributed by atoms with Crippen molar-refractivity contribution in [3.8, 4) is 0 Å². The summed E-state index contributed by atoms with van der Waals surface area (Å²) < 4.78 is 0. The van der Waals surface area contributed by atoms with Crippen molar-refractivity contribution in [3.63, 3.8) is 0 Å². The molecule has 0 bridgehead atoms. The first-order valence-electron chi connectivity index (χ1n) is 10.3. The van der Waals surface area contributed by atoms with E-state index in [4.69, 9.17) is 34.8 Å². The standard InChI is InChI=1S/C24H16Cl3N5O2/c25-16-9-10-28-22(27)19(16)23(33)30-18-8-4-7-15-20(18)29-13-17(26)21(15)32-12-11-31(24(32)34)14-5-2-1-3-6-14/h1-10,13H,11-12H2,(H,30,33). The molecule has 0 radical (unpaired) electrons. The molecule has 5 rings (SSSR count). The van der Waals surface area contributed by atoms with Crippen molar-refractivity contribution >= 4 is 74.7 Å². The van der Waals surface area contributed by atoms with Crippen LogP contribution in [0.4, 0.5) is 21.9 Å². The maximum Gasteiger partial charge on any atom is 0.329 e. The van der Waals surface area contributed by atoms with E-state index in [-0.39, 0.29) is 21.8 Å². The molecule has 0 saturated carbocycles. The van der Waals surface area contributed by atoms with Gasteiger partial charge in [0.05, 0.1) is 32.5 Å². The molecule has 1 saturated heterocycles. The summed E-state index contributed by atoms with van der Waals surface area (Å²) in [5.74, 6) is -0.526. The minimum absolute atomic E-state index is 0.00871. The summed E-state index contributed by atoms with van der Waals surface area (Å²) in [6.45, 7) is 0.960. The van der Waals surface area contributed by atoms with Gasteiger partial charge in [-0.2, -0.15) is 0 Å². The fraction of sp³-hybridized carbons (Fsp3) is 0.0833. The second-order valence-corrected chi connectivity index (χ2v) is 8.66. The zero-order chi connectivity index (χ0) is 23.8. The van der Waals surface area contributed by atoms with Crippen LogP contribution in [0.25, 0.3) is 10.9 Å². The van der Waals surface area contributed by atoms with E-state index in [1.807, 2.05) is 36.4 Å². The Kier molecular flexibility index (Phi) is 6.00. The molecule has 2 aromatic heterocycles. The molecule has 1 N–H and O–H groups in total. The van der Waals surface area contributed by atoms with Crippen LogP contribution in [0.2, 0.25) is 15.2 Å². The van der Waals surface area contributed by atoms with Gasteiger partial charge in [0.1, 0.15) is 5.15 Å². The quantitative estimate of drug-likeness (QED) is 0.326. The van der Waals surface area contributed by atoms with Crippen LogP contribution in [0, 0.1) is 0 Å². The summed E-state index contributed by atoms with van der Waals surface area (Å²) in [4.78, 5) is 37.9. The van der Waals surface area contributed by atoms with E-state index in [1.54, 1.807) is 21.9 Å². The number of carbonyl (C=O) groups is 2. The Balaban J connectivity index is 1.53. The fourth-order valence-electron chi connectivity index (χ4n) is 3.95. The van der Waals surface area contributed by atoms with Crippen molar-refractivity contribution < 1.29 is 9.59 Å². The molecule has 2 aromatic carbocycles. The summed E-state index contributed by atoms with van der Waals surface area (Å²) in [6.07, 6.45) is 2.89. The molecule has 0 unspecified atom stereocenters. The number of anilines is 3. The Morgan fingerprint density at radius 1 is 0.882 bits per heavy atom. The topological polar surface area (TPSA) is 78.4 Å². The molecule has 3 amide bonds. The van der Waals surface area contributed by atoms with Crippen molar-refractivity contribution in [1.29, 1.82) is 0 Å². The Labute approximate surface area is 209 Å². The molecule has 0 atom stereocenters. The molecule has 1 fully saturated rings. The monoisotopic (exact) mass is 511 g/mol. The summed E-state index contributed by atoms with van der Waals surface area (Å²) in [7, 11) is 0. The molecule has 170 valence electrons. The van der Waals surface area contributed by atoms with Gasteiger partial charge in [-0.05, 0) is 24.3 Å². The van der Waals surface area contributed by atoms with Crippen LogP contribution in [0.5, 0.6) is 0 Å². The van der Waals surface area contributed by atoms with Gasteiger partial charge >= 0.3 is 6.03 Å². The average molecular weight is 513 g/mol. The number of hydrogen-bond acceptors (Lipinski definition) is 4. The van der Waals surface area contributed by atoms with E-state index >= 15 is 0 Å². The molecule has 1 aliphatic rings. The smallest absolute Gasteiger partial charge is 0.320 e. The van der Waals surface area contributed by atoms with E-state index in [1.165, 1.54) is 18.5 Å². The highest BCUT2D eigenvalue weighted by Crippen LogP contribution is 2.38. The molecule has 34 heavy (non-hydrogen) atoms. The third-order valence-electron chi connectivity index (χ3n) is 5.50. The highest BCUT2D eigenvalue weighted by molar-refractivity contribution is 6.40. The van der Waals surface area contributed by atoms with Crippen LogP contribution in [-0.4, -0.2) is 35.0 Å². The molecule has 7 nitrogen and oxygen atoms in total. The number of hydrogen-bond donors (Lipinski definition) is 1. The van der Waals surface area contributed by atoms with Crippen molar-refractivity contribution in [1.82, 2.24) is 9.97 Å². The van der Waals surface area contributed by atoms with Gasteiger partial charge in [0.2, 0.25) is 0 Å². The number of urea groups is 1. The molecule has 3 heterocycles. The van der Waals surface area contributed by atoms with Crippen LogP contribution in [0.3, 0.4) is 0 Å². The highest BCUT2D eigenvalue weighted by atomic mass is 35.5. The van der Waals surface area contributed by atoms with Crippen LogP contribution in [0.15, 0.2) is 67.0 Å².